The van der Waals surface area contributed by atoms with Gasteiger partial charge in [0.15, 0.2) is 0 Å². The summed E-state index contributed by atoms with van der Waals surface area (Å²) in [5, 5.41) is 14.0. The lowest BCUT2D eigenvalue weighted by Crippen LogP contribution is -2.29. The van der Waals surface area contributed by atoms with Crippen molar-refractivity contribution in [1.82, 2.24) is 9.88 Å². The lowest BCUT2D eigenvalue weighted by atomic mass is 10.3. The predicted molar refractivity (Wildman–Crippen MR) is 76.5 cm³/mol. The minimum atomic E-state index is -0.404. The summed E-state index contributed by atoms with van der Waals surface area (Å²) in [4.78, 5) is 17.0. The summed E-state index contributed by atoms with van der Waals surface area (Å²) >= 11 is 0. The summed E-state index contributed by atoms with van der Waals surface area (Å²) < 4.78 is 0. The molecule has 0 bridgehead atoms. The number of nitrogens with one attached hydrogen (secondary N) is 1. The Kier molecular flexibility index (Phi) is 6.21. The van der Waals surface area contributed by atoms with Crippen molar-refractivity contribution in [3.05, 3.63) is 27.9 Å². The van der Waals surface area contributed by atoms with E-state index in [4.69, 9.17) is 0 Å². The average molecular weight is 266 g/mol. The lowest BCUT2D eigenvalue weighted by molar-refractivity contribution is -0.384. The monoisotopic (exact) mass is 266 g/mol. The smallest absolute Gasteiger partial charge is 0.311 e. The van der Waals surface area contributed by atoms with E-state index in [1.165, 1.54) is 6.07 Å². The van der Waals surface area contributed by atoms with Gasteiger partial charge in [0.05, 0.1) is 4.92 Å². The normalized spacial score (nSPS) is 10.7. The highest BCUT2D eigenvalue weighted by Gasteiger charge is 2.14. The molecule has 0 saturated heterocycles. The zero-order valence-corrected chi connectivity index (χ0v) is 11.8. The highest BCUT2D eigenvalue weighted by atomic mass is 16.6. The van der Waals surface area contributed by atoms with Crippen molar-refractivity contribution >= 4 is 11.5 Å². The molecule has 6 heteroatoms. The first-order valence-corrected chi connectivity index (χ1v) is 6.66. The van der Waals surface area contributed by atoms with Gasteiger partial charge in [0.2, 0.25) is 5.82 Å². The van der Waals surface area contributed by atoms with Gasteiger partial charge in [-0.05, 0) is 32.5 Å². The molecule has 0 radical (unpaired) electrons. The first-order valence-electron chi connectivity index (χ1n) is 6.66. The highest BCUT2D eigenvalue weighted by Crippen LogP contribution is 2.21. The van der Waals surface area contributed by atoms with Crippen LogP contribution in [0.15, 0.2) is 12.1 Å². The van der Waals surface area contributed by atoms with Crippen LogP contribution in [0.3, 0.4) is 0 Å². The van der Waals surface area contributed by atoms with Gasteiger partial charge in [0, 0.05) is 24.8 Å². The zero-order chi connectivity index (χ0) is 14.3. The third-order valence-corrected chi connectivity index (χ3v) is 2.92. The number of hydrogen-bond acceptors (Lipinski definition) is 5. The maximum absolute atomic E-state index is 10.9. The Bertz CT molecular complexity index is 423. The van der Waals surface area contributed by atoms with Gasteiger partial charge in [-0.15, -0.1) is 0 Å². The molecule has 1 rings (SSSR count). The van der Waals surface area contributed by atoms with Crippen LogP contribution in [0.5, 0.6) is 0 Å². The maximum Gasteiger partial charge on any atom is 0.311 e. The zero-order valence-electron chi connectivity index (χ0n) is 11.8. The van der Waals surface area contributed by atoms with Crippen LogP contribution >= 0.6 is 0 Å². The number of aromatic nitrogens is 1. The Morgan fingerprint density at radius 2 is 2.11 bits per heavy atom. The van der Waals surface area contributed by atoms with Crippen LogP contribution in [0.2, 0.25) is 0 Å². The number of nitro groups is 1. The molecule has 0 unspecified atom stereocenters. The van der Waals surface area contributed by atoms with E-state index in [1.807, 2.05) is 6.92 Å². The first-order chi connectivity index (χ1) is 9.08. The lowest BCUT2D eigenvalue weighted by Gasteiger charge is -2.19. The first kappa shape index (κ1) is 15.4. The molecule has 1 heterocycles. The van der Waals surface area contributed by atoms with E-state index in [2.05, 4.69) is 29.0 Å². The molecule has 0 atom stereocenters. The molecule has 0 aliphatic heterocycles. The molecule has 0 aliphatic rings. The molecule has 106 valence electrons. The van der Waals surface area contributed by atoms with Crippen molar-refractivity contribution in [3.8, 4) is 0 Å². The summed E-state index contributed by atoms with van der Waals surface area (Å²) in [6.45, 7) is 9.62. The minimum Gasteiger partial charge on any atom is -0.363 e. The number of likely N-dealkylation sites (N-methyl/N-ethyl adjacent to an activating group) is 1. The molecular weight excluding hydrogens is 244 g/mol. The van der Waals surface area contributed by atoms with Crippen LogP contribution in [0, 0.1) is 17.0 Å². The standard InChI is InChI=1S/C13H22N4O2/c1-4-9-16(5-2)10-8-14-13-12(17(18)19)7-6-11(3)15-13/h6-7H,4-5,8-10H2,1-3H3,(H,14,15). The van der Waals surface area contributed by atoms with Crippen molar-refractivity contribution in [3.63, 3.8) is 0 Å². The van der Waals surface area contributed by atoms with E-state index in [0.29, 0.717) is 12.4 Å². The van der Waals surface area contributed by atoms with E-state index in [0.717, 1.165) is 31.7 Å². The fourth-order valence-corrected chi connectivity index (χ4v) is 1.90. The fraction of sp³-hybridized carbons (Fsp3) is 0.615. The Labute approximate surface area is 114 Å². The fourth-order valence-electron chi connectivity index (χ4n) is 1.90. The van der Waals surface area contributed by atoms with Crippen LogP contribution < -0.4 is 5.32 Å². The molecule has 0 amide bonds. The average Bonchev–Trinajstić information content (AvgIpc) is 2.37. The molecule has 19 heavy (non-hydrogen) atoms. The van der Waals surface area contributed by atoms with E-state index >= 15 is 0 Å². The molecule has 6 nitrogen and oxygen atoms in total. The number of rotatable bonds is 8. The summed E-state index contributed by atoms with van der Waals surface area (Å²) in [5.74, 6) is 0.359. The second-order valence-corrected chi connectivity index (χ2v) is 4.44. The van der Waals surface area contributed by atoms with E-state index < -0.39 is 4.92 Å². The summed E-state index contributed by atoms with van der Waals surface area (Å²) in [7, 11) is 0. The van der Waals surface area contributed by atoms with Crippen molar-refractivity contribution < 1.29 is 4.92 Å². The third-order valence-electron chi connectivity index (χ3n) is 2.92. The van der Waals surface area contributed by atoms with Crippen LogP contribution in [0.4, 0.5) is 11.5 Å². The molecule has 0 aliphatic carbocycles. The van der Waals surface area contributed by atoms with E-state index in [9.17, 15) is 10.1 Å². The molecule has 1 N–H and O–H groups in total. The van der Waals surface area contributed by atoms with Crippen LogP contribution in [0.1, 0.15) is 26.0 Å². The molecule has 0 fully saturated rings. The number of anilines is 1. The topological polar surface area (TPSA) is 71.3 Å². The highest BCUT2D eigenvalue weighted by molar-refractivity contribution is 5.56. The van der Waals surface area contributed by atoms with Gasteiger partial charge >= 0.3 is 5.69 Å². The van der Waals surface area contributed by atoms with Crippen LogP contribution in [-0.4, -0.2) is 41.0 Å². The van der Waals surface area contributed by atoms with Gasteiger partial charge < -0.3 is 10.2 Å². The molecule has 1 aromatic rings. The predicted octanol–water partition coefficient (Wildman–Crippen LogP) is 2.44. The molecule has 1 aromatic heterocycles. The van der Waals surface area contributed by atoms with Gasteiger partial charge in [-0.3, -0.25) is 10.1 Å². The Morgan fingerprint density at radius 3 is 2.68 bits per heavy atom. The van der Waals surface area contributed by atoms with E-state index in [-0.39, 0.29) is 5.69 Å². The number of hydrogen-bond donors (Lipinski definition) is 1. The SMILES string of the molecule is CCCN(CC)CCNc1nc(C)ccc1[N+](=O)[O-]. The van der Waals surface area contributed by atoms with Crippen LogP contribution in [0.25, 0.3) is 0 Å². The minimum absolute atomic E-state index is 0.0316. The van der Waals surface area contributed by atoms with Crippen molar-refractivity contribution in [2.45, 2.75) is 27.2 Å². The molecular formula is C13H22N4O2. The molecule has 0 spiro atoms. The number of nitrogens with zero attached hydrogens (tertiary/aromatic N) is 3. The van der Waals surface area contributed by atoms with Crippen LogP contribution in [-0.2, 0) is 0 Å². The van der Waals surface area contributed by atoms with Gasteiger partial charge in [0.1, 0.15) is 0 Å². The summed E-state index contributed by atoms with van der Waals surface area (Å²) in [5.41, 5.74) is 0.804. The second kappa shape index (κ2) is 7.68. The van der Waals surface area contributed by atoms with Gasteiger partial charge in [-0.2, -0.15) is 0 Å². The third kappa shape index (κ3) is 4.82. The Hall–Kier alpha value is -1.69. The Balaban J connectivity index is 2.61. The second-order valence-electron chi connectivity index (χ2n) is 4.44. The summed E-state index contributed by atoms with van der Waals surface area (Å²) in [6, 6.07) is 3.15. The number of aryl methyl sites for hydroxylation is 1. The van der Waals surface area contributed by atoms with E-state index in [1.54, 1.807) is 6.07 Å². The Morgan fingerprint density at radius 1 is 1.37 bits per heavy atom. The van der Waals surface area contributed by atoms with Crippen molar-refractivity contribution in [1.29, 1.82) is 0 Å². The maximum atomic E-state index is 10.9. The summed E-state index contributed by atoms with van der Waals surface area (Å²) in [6.07, 6.45) is 1.11. The number of pyridine rings is 1. The van der Waals surface area contributed by atoms with Crippen molar-refractivity contribution in [2.24, 2.45) is 0 Å². The van der Waals surface area contributed by atoms with Gasteiger partial charge in [0.25, 0.3) is 0 Å². The molecule has 0 aromatic carbocycles. The van der Waals surface area contributed by atoms with Gasteiger partial charge in [-0.1, -0.05) is 13.8 Å². The van der Waals surface area contributed by atoms with Crippen molar-refractivity contribution in [2.75, 3.05) is 31.5 Å². The quantitative estimate of drug-likeness (QED) is 0.578. The van der Waals surface area contributed by atoms with Gasteiger partial charge in [-0.25, -0.2) is 4.98 Å². The largest absolute Gasteiger partial charge is 0.363 e. The molecule has 0 saturated carbocycles.